The highest BCUT2D eigenvalue weighted by atomic mass is 16.5. The van der Waals surface area contributed by atoms with E-state index >= 15 is 0 Å². The van der Waals surface area contributed by atoms with Gasteiger partial charge in [-0.05, 0) is 19.8 Å². The smallest absolute Gasteiger partial charge is 0.133 e. The molecule has 0 fully saturated rings. The predicted octanol–water partition coefficient (Wildman–Crippen LogP) is 2.98. The molecule has 4 nitrogen and oxygen atoms in total. The van der Waals surface area contributed by atoms with Gasteiger partial charge in [-0.25, -0.2) is 0 Å². The molecule has 0 saturated carbocycles. The average Bonchev–Trinajstić information content (AvgIpc) is 2.79. The summed E-state index contributed by atoms with van der Waals surface area (Å²) in [4.78, 5) is 0. The number of hydrogen-bond acceptors (Lipinski definition) is 4. The molecule has 0 spiro atoms. The van der Waals surface area contributed by atoms with Crippen molar-refractivity contribution in [1.29, 1.82) is 0 Å². The third-order valence-electron chi connectivity index (χ3n) is 1.62. The summed E-state index contributed by atoms with van der Waals surface area (Å²) in [6.45, 7) is 11.4. The number of aromatic nitrogens is 1. The topological polar surface area (TPSA) is 55.5 Å². The summed E-state index contributed by atoms with van der Waals surface area (Å²) in [7, 11) is 0. The second-order valence-electron chi connectivity index (χ2n) is 3.12. The molecule has 17 heavy (non-hydrogen) atoms. The Bertz CT molecular complexity index is 232. The van der Waals surface area contributed by atoms with Crippen molar-refractivity contribution in [3.63, 3.8) is 0 Å². The molecule has 1 rings (SSSR count). The van der Waals surface area contributed by atoms with Crippen molar-refractivity contribution in [2.45, 2.75) is 47.5 Å². The van der Waals surface area contributed by atoms with Crippen LogP contribution in [0.1, 0.15) is 45.6 Å². The van der Waals surface area contributed by atoms with Gasteiger partial charge in [0.1, 0.15) is 5.76 Å². The van der Waals surface area contributed by atoms with E-state index in [2.05, 4.69) is 12.1 Å². The monoisotopic (exact) mass is 245 g/mol. The molecule has 0 amide bonds. The lowest BCUT2D eigenvalue weighted by Crippen LogP contribution is -1.98. The van der Waals surface area contributed by atoms with Crippen molar-refractivity contribution in [1.82, 2.24) is 5.16 Å². The van der Waals surface area contributed by atoms with Crippen molar-refractivity contribution < 1.29 is 14.4 Å². The lowest BCUT2D eigenvalue weighted by Gasteiger charge is -1.94. The van der Waals surface area contributed by atoms with Gasteiger partial charge in [0.15, 0.2) is 0 Å². The summed E-state index contributed by atoms with van der Waals surface area (Å²) in [6.07, 6.45) is 1.98. The Balaban J connectivity index is 0. The molecule has 1 N–H and O–H groups in total. The number of aliphatic hydroxyl groups is 1. The van der Waals surface area contributed by atoms with Crippen LogP contribution in [0.2, 0.25) is 0 Å². The zero-order valence-electron chi connectivity index (χ0n) is 11.8. The molecule has 0 atom stereocenters. The molecular weight excluding hydrogens is 218 g/mol. The normalized spacial score (nSPS) is 8.82. The molecule has 102 valence electrons. The van der Waals surface area contributed by atoms with Gasteiger partial charge in [-0.3, -0.25) is 0 Å². The van der Waals surface area contributed by atoms with E-state index in [4.69, 9.17) is 14.4 Å². The van der Waals surface area contributed by atoms with Gasteiger partial charge in [0.25, 0.3) is 0 Å². The third kappa shape index (κ3) is 13.1. The van der Waals surface area contributed by atoms with Crippen molar-refractivity contribution in [3.05, 3.63) is 17.5 Å². The molecule has 0 radical (unpaired) electrons. The van der Waals surface area contributed by atoms with Gasteiger partial charge in [0, 0.05) is 12.7 Å². The molecule has 1 aromatic heterocycles. The van der Waals surface area contributed by atoms with E-state index in [0.717, 1.165) is 30.9 Å². The van der Waals surface area contributed by atoms with Crippen molar-refractivity contribution >= 4 is 0 Å². The minimum Gasteiger partial charge on any atom is -0.394 e. The maximum absolute atomic E-state index is 8.17. The molecule has 0 aromatic carbocycles. The minimum absolute atomic E-state index is 0.139. The van der Waals surface area contributed by atoms with Crippen molar-refractivity contribution in [2.24, 2.45) is 0 Å². The van der Waals surface area contributed by atoms with Gasteiger partial charge in [0.05, 0.1) is 18.9 Å². The van der Waals surface area contributed by atoms with Gasteiger partial charge in [-0.15, -0.1) is 0 Å². The van der Waals surface area contributed by atoms with E-state index in [9.17, 15) is 0 Å². The molecular formula is C13H27NO3. The van der Waals surface area contributed by atoms with E-state index in [-0.39, 0.29) is 6.61 Å². The van der Waals surface area contributed by atoms with Crippen LogP contribution in [-0.2, 0) is 11.2 Å². The van der Waals surface area contributed by atoms with Crippen molar-refractivity contribution in [3.8, 4) is 0 Å². The van der Waals surface area contributed by atoms with Crippen LogP contribution >= 0.6 is 0 Å². The number of aryl methyl sites for hydroxylation is 2. The van der Waals surface area contributed by atoms with Crippen LogP contribution in [0.15, 0.2) is 10.6 Å². The van der Waals surface area contributed by atoms with Crippen LogP contribution in [0.4, 0.5) is 0 Å². The van der Waals surface area contributed by atoms with Crippen LogP contribution < -0.4 is 0 Å². The highest BCUT2D eigenvalue weighted by Crippen LogP contribution is 2.00. The van der Waals surface area contributed by atoms with Gasteiger partial charge >= 0.3 is 0 Å². The molecule has 0 bridgehead atoms. The Labute approximate surface area is 105 Å². The van der Waals surface area contributed by atoms with Crippen LogP contribution in [-0.4, -0.2) is 30.1 Å². The van der Waals surface area contributed by atoms with E-state index in [1.165, 1.54) is 0 Å². The predicted molar refractivity (Wildman–Crippen MR) is 70.2 cm³/mol. The third-order valence-corrected chi connectivity index (χ3v) is 1.62. The Hall–Kier alpha value is -0.870. The van der Waals surface area contributed by atoms with Crippen LogP contribution in [0.3, 0.4) is 0 Å². The molecule has 0 aliphatic heterocycles. The molecule has 0 unspecified atom stereocenters. The molecule has 0 aliphatic rings. The van der Waals surface area contributed by atoms with Crippen LogP contribution in [0.25, 0.3) is 0 Å². The number of ether oxygens (including phenoxy) is 1. The zero-order valence-corrected chi connectivity index (χ0v) is 11.8. The Morgan fingerprint density at radius 2 is 1.94 bits per heavy atom. The lowest BCUT2D eigenvalue weighted by molar-refractivity contribution is 0.0928. The largest absolute Gasteiger partial charge is 0.394 e. The second kappa shape index (κ2) is 15.1. The molecule has 1 heterocycles. The fourth-order valence-electron chi connectivity index (χ4n) is 0.896. The highest BCUT2D eigenvalue weighted by Gasteiger charge is 1.93. The maximum Gasteiger partial charge on any atom is 0.133 e. The summed E-state index contributed by atoms with van der Waals surface area (Å²) in [5.74, 6) is 0.891. The highest BCUT2D eigenvalue weighted by molar-refractivity contribution is 5.02. The first-order chi connectivity index (χ1) is 8.24. The summed E-state index contributed by atoms with van der Waals surface area (Å²) in [6, 6.07) is 1.94. The number of aliphatic hydroxyl groups excluding tert-OH is 1. The van der Waals surface area contributed by atoms with Gasteiger partial charge in [-0.2, -0.15) is 0 Å². The van der Waals surface area contributed by atoms with Gasteiger partial charge in [-0.1, -0.05) is 32.9 Å². The van der Waals surface area contributed by atoms with Crippen LogP contribution in [0.5, 0.6) is 0 Å². The number of rotatable bonds is 5. The lowest BCUT2D eigenvalue weighted by atomic mass is 10.3. The summed E-state index contributed by atoms with van der Waals surface area (Å²) in [5, 5.41) is 11.9. The van der Waals surface area contributed by atoms with Gasteiger partial charge in [0.2, 0.25) is 0 Å². The number of hydrogen-bond donors (Lipinski definition) is 1. The van der Waals surface area contributed by atoms with Gasteiger partial charge < -0.3 is 14.4 Å². The molecule has 1 aromatic rings. The number of nitrogens with zero attached hydrogens (tertiary/aromatic N) is 1. The van der Waals surface area contributed by atoms with Crippen LogP contribution in [0, 0.1) is 6.92 Å². The van der Waals surface area contributed by atoms with E-state index < -0.39 is 0 Å². The zero-order chi connectivity index (χ0) is 13.5. The molecule has 0 aliphatic carbocycles. The Kier molecular flexibility index (Phi) is 16.5. The Morgan fingerprint density at radius 1 is 1.29 bits per heavy atom. The minimum atomic E-state index is 0.139. The molecule has 0 saturated heterocycles. The van der Waals surface area contributed by atoms with E-state index in [1.54, 1.807) is 0 Å². The summed E-state index contributed by atoms with van der Waals surface area (Å²) < 4.78 is 9.69. The second-order valence-corrected chi connectivity index (χ2v) is 3.12. The first kappa shape index (κ1) is 18.5. The first-order valence-corrected chi connectivity index (χ1v) is 6.35. The Morgan fingerprint density at radius 3 is 2.24 bits per heavy atom. The fourth-order valence-corrected chi connectivity index (χ4v) is 0.896. The average molecular weight is 245 g/mol. The quantitative estimate of drug-likeness (QED) is 0.810. The summed E-state index contributed by atoms with van der Waals surface area (Å²) in [5.41, 5.74) is 1.03. The fraction of sp³-hybridized carbons (Fsp3) is 0.769. The SMILES string of the molecule is CC.CCCOCCO.CCc1cc(C)on1. The molecule has 4 heteroatoms. The summed E-state index contributed by atoms with van der Waals surface area (Å²) >= 11 is 0. The van der Waals surface area contributed by atoms with E-state index in [1.807, 2.05) is 33.8 Å². The van der Waals surface area contributed by atoms with Crippen molar-refractivity contribution in [2.75, 3.05) is 19.8 Å². The first-order valence-electron chi connectivity index (χ1n) is 6.35. The van der Waals surface area contributed by atoms with E-state index in [0.29, 0.717) is 6.61 Å². The standard InChI is InChI=1S/C6H9NO.C5H12O2.C2H6/c1-3-6-4-5(2)8-7-6;1-2-4-7-5-3-6;1-2/h4H,3H2,1-2H3;6H,2-5H2,1H3;1-2H3. The maximum atomic E-state index is 8.17.